The summed E-state index contributed by atoms with van der Waals surface area (Å²) in [4.78, 5) is -0.641. The number of rotatable bonds is 3. The van der Waals surface area contributed by atoms with Crippen LogP contribution in [-0.4, -0.2) is 13.3 Å². The van der Waals surface area contributed by atoms with E-state index in [4.69, 9.17) is 22.6 Å². The van der Waals surface area contributed by atoms with Gasteiger partial charge in [-0.1, -0.05) is 36.5 Å². The maximum atomic E-state index is 14.1. The molecular weight excluding hydrogens is 390 g/mol. The molecule has 0 saturated carbocycles. The molecule has 0 heterocycles. The van der Waals surface area contributed by atoms with Crippen molar-refractivity contribution < 1.29 is 17.2 Å². The molecule has 4 nitrogen and oxygen atoms in total. The van der Waals surface area contributed by atoms with Crippen LogP contribution in [0.2, 0.25) is 0 Å². The lowest BCUT2D eigenvalue weighted by atomic mass is 9.87. The Hall–Kier alpha value is -2.73. The molecule has 136 valence electrons. The number of allylic oxidation sites excluding steroid dienone is 4. The van der Waals surface area contributed by atoms with Gasteiger partial charge in [-0.05, 0) is 47.0 Å². The van der Waals surface area contributed by atoms with Gasteiger partial charge in [0.1, 0.15) is 11.6 Å². The largest absolute Gasteiger partial charge is 0.243 e. The van der Waals surface area contributed by atoms with Gasteiger partial charge < -0.3 is 0 Å². The molecule has 27 heavy (non-hydrogen) atoms. The van der Waals surface area contributed by atoms with Gasteiger partial charge in [-0.15, -0.1) is 0 Å². The van der Waals surface area contributed by atoms with Crippen molar-refractivity contribution in [2.75, 3.05) is 0 Å². The quantitative estimate of drug-likeness (QED) is 0.796. The highest BCUT2D eigenvalue weighted by molar-refractivity contribution is 7.89. The van der Waals surface area contributed by atoms with Gasteiger partial charge >= 0.3 is 0 Å². The summed E-state index contributed by atoms with van der Waals surface area (Å²) in [5.41, 5.74) is 2.01. The first kappa shape index (κ1) is 19.0. The molecule has 2 aromatic rings. The van der Waals surface area contributed by atoms with Crippen LogP contribution in [0.5, 0.6) is 0 Å². The summed E-state index contributed by atoms with van der Waals surface area (Å²) in [6, 6.07) is 10.8. The molecule has 0 saturated heterocycles. The number of halogens is 2. The fourth-order valence-electron chi connectivity index (χ4n) is 2.80. The third kappa shape index (κ3) is 3.85. The van der Waals surface area contributed by atoms with Crippen LogP contribution in [0.1, 0.15) is 22.6 Å². The second kappa shape index (κ2) is 7.12. The normalized spacial score (nSPS) is 16.7. The van der Waals surface area contributed by atoms with Crippen molar-refractivity contribution in [2.45, 2.75) is 10.8 Å². The third-order valence-electron chi connectivity index (χ3n) is 4.09. The molecule has 0 spiro atoms. The van der Waals surface area contributed by atoms with Gasteiger partial charge in [-0.3, -0.25) is 0 Å². The average Bonchev–Trinajstić information content (AvgIpc) is 2.60. The Bertz CT molecular complexity index is 1120. The predicted molar refractivity (Wildman–Crippen MR) is 101 cm³/mol. The first-order valence-electron chi connectivity index (χ1n) is 7.66. The van der Waals surface area contributed by atoms with Crippen LogP contribution in [0.4, 0.5) is 8.78 Å². The number of hydrogen-bond donors (Lipinski definition) is 1. The van der Waals surface area contributed by atoms with Gasteiger partial charge in [-0.25, -0.2) is 22.3 Å². The Balaban J connectivity index is 1.94. The second-order valence-corrected chi connectivity index (χ2v) is 7.86. The summed E-state index contributed by atoms with van der Waals surface area (Å²) in [5, 5.41) is 13.7. The molecule has 0 aliphatic heterocycles. The zero-order valence-electron chi connectivity index (χ0n) is 13.7. The van der Waals surface area contributed by atoms with Crippen molar-refractivity contribution in [3.05, 3.63) is 83.0 Å². The fourth-order valence-corrected chi connectivity index (χ4v) is 3.81. The Labute approximate surface area is 160 Å². The minimum atomic E-state index is -4.51. The molecule has 1 aliphatic rings. The van der Waals surface area contributed by atoms with Crippen LogP contribution in [0.25, 0.3) is 5.57 Å². The lowest BCUT2D eigenvalue weighted by Gasteiger charge is -2.18. The smallest absolute Gasteiger partial charge is 0.224 e. The minimum absolute atomic E-state index is 0.147. The summed E-state index contributed by atoms with van der Waals surface area (Å²) in [6.07, 6.45) is 5.04. The van der Waals surface area contributed by atoms with Gasteiger partial charge in [0.2, 0.25) is 10.0 Å². The predicted octanol–water partition coefficient (Wildman–Crippen LogP) is 3.59. The number of thiocarbonyl (C=S) groups is 1. The Morgan fingerprint density at radius 3 is 2.19 bits per heavy atom. The highest BCUT2D eigenvalue weighted by Gasteiger charge is 2.23. The fraction of sp³-hybridized carbons (Fsp3) is 0.0526. The van der Waals surface area contributed by atoms with Gasteiger partial charge in [0.05, 0.1) is 11.6 Å². The van der Waals surface area contributed by atoms with Crippen molar-refractivity contribution in [3.63, 3.8) is 0 Å². The van der Waals surface area contributed by atoms with Crippen LogP contribution >= 0.6 is 12.2 Å². The molecule has 0 amide bonds. The molecule has 8 heteroatoms. The molecule has 0 aromatic heterocycles. The molecule has 2 aromatic carbocycles. The van der Waals surface area contributed by atoms with E-state index >= 15 is 0 Å². The van der Waals surface area contributed by atoms with Crippen LogP contribution in [0, 0.1) is 23.0 Å². The summed E-state index contributed by atoms with van der Waals surface area (Å²) in [6.45, 7) is 0. The third-order valence-corrected chi connectivity index (χ3v) is 5.42. The highest BCUT2D eigenvalue weighted by Crippen LogP contribution is 2.31. The van der Waals surface area contributed by atoms with E-state index in [-0.39, 0.29) is 11.5 Å². The molecular formula is C19H12F2N2O2S2. The maximum Gasteiger partial charge on any atom is 0.243 e. The van der Waals surface area contributed by atoms with E-state index in [1.165, 1.54) is 0 Å². The van der Waals surface area contributed by atoms with Crippen molar-refractivity contribution in [1.29, 1.82) is 5.26 Å². The van der Waals surface area contributed by atoms with E-state index in [2.05, 4.69) is 0 Å². The molecule has 1 aliphatic carbocycles. The standard InChI is InChI=1S/C19H12F2N2O2S2/c20-16-7-14(8-17(21)19(16)27(23,24)25)13-5-6-15(18(26)9-13)12-3-1-11(10-22)2-4-12/h1-9,15H,(H2,23,24,25). The van der Waals surface area contributed by atoms with Crippen molar-refractivity contribution in [3.8, 4) is 6.07 Å². The first-order valence-corrected chi connectivity index (χ1v) is 9.62. The molecule has 0 radical (unpaired) electrons. The number of nitrogens with two attached hydrogens (primary N) is 1. The minimum Gasteiger partial charge on any atom is -0.224 e. The number of nitrogens with zero attached hydrogens (tertiary/aromatic N) is 1. The second-order valence-electron chi connectivity index (χ2n) is 5.89. The number of benzene rings is 2. The number of sulfonamides is 1. The van der Waals surface area contributed by atoms with Crippen molar-refractivity contribution in [1.82, 2.24) is 0 Å². The average molecular weight is 402 g/mol. The Morgan fingerprint density at radius 1 is 1.11 bits per heavy atom. The summed E-state index contributed by atoms with van der Waals surface area (Å²) in [5.74, 6) is -2.74. The van der Waals surface area contributed by atoms with Gasteiger partial charge in [0.25, 0.3) is 0 Å². The van der Waals surface area contributed by atoms with Crippen LogP contribution in [0.15, 0.2) is 59.5 Å². The first-order chi connectivity index (χ1) is 12.7. The van der Waals surface area contributed by atoms with Gasteiger partial charge in [0.15, 0.2) is 4.90 Å². The maximum absolute atomic E-state index is 14.1. The monoisotopic (exact) mass is 402 g/mol. The Kier molecular flexibility index (Phi) is 5.02. The molecule has 0 fully saturated rings. The van der Waals surface area contributed by atoms with Gasteiger partial charge in [-0.2, -0.15) is 5.26 Å². The molecule has 3 rings (SSSR count). The summed E-state index contributed by atoms with van der Waals surface area (Å²) >= 11 is 5.40. The van der Waals surface area contributed by atoms with E-state index in [1.807, 2.05) is 6.07 Å². The van der Waals surface area contributed by atoms with E-state index < -0.39 is 26.6 Å². The van der Waals surface area contributed by atoms with E-state index in [1.54, 1.807) is 42.5 Å². The summed E-state index contributed by atoms with van der Waals surface area (Å²) < 4.78 is 50.7. The number of nitriles is 1. The van der Waals surface area contributed by atoms with Crippen LogP contribution in [0.3, 0.4) is 0 Å². The highest BCUT2D eigenvalue weighted by atomic mass is 32.2. The summed E-state index contributed by atoms with van der Waals surface area (Å²) in [7, 11) is -4.51. The van der Waals surface area contributed by atoms with E-state index in [9.17, 15) is 17.2 Å². The molecule has 1 unspecified atom stereocenters. The lowest BCUT2D eigenvalue weighted by Crippen LogP contribution is -2.16. The number of primary sulfonamides is 1. The number of hydrogen-bond acceptors (Lipinski definition) is 4. The zero-order valence-corrected chi connectivity index (χ0v) is 15.3. The van der Waals surface area contributed by atoms with Gasteiger partial charge in [0, 0.05) is 10.8 Å². The van der Waals surface area contributed by atoms with E-state index in [0.29, 0.717) is 16.0 Å². The molecule has 2 N–H and O–H groups in total. The van der Waals surface area contributed by atoms with Crippen molar-refractivity contribution >= 4 is 32.7 Å². The lowest BCUT2D eigenvalue weighted by molar-refractivity contribution is 0.519. The van der Waals surface area contributed by atoms with Crippen molar-refractivity contribution in [2.24, 2.45) is 5.14 Å². The van der Waals surface area contributed by atoms with Crippen LogP contribution < -0.4 is 5.14 Å². The SMILES string of the molecule is N#Cc1ccc(C2C=CC(c3cc(F)c(S(N)(=O)=O)c(F)c3)=CC2=S)cc1. The zero-order chi connectivity index (χ0) is 19.8. The van der Waals surface area contributed by atoms with Crippen LogP contribution in [-0.2, 0) is 10.0 Å². The molecule has 0 bridgehead atoms. The van der Waals surface area contributed by atoms with E-state index in [0.717, 1.165) is 17.7 Å². The molecule has 1 atom stereocenters. The Morgan fingerprint density at radius 2 is 1.70 bits per heavy atom. The topological polar surface area (TPSA) is 83.9 Å².